The molecule has 0 aromatic rings. The van der Waals surface area contributed by atoms with Crippen molar-refractivity contribution in [3.05, 3.63) is 0 Å². The Morgan fingerprint density at radius 1 is 1.17 bits per heavy atom. The lowest BCUT2D eigenvalue weighted by molar-refractivity contribution is -0.135. The number of nitrogens with zero attached hydrogens (tertiary/aromatic N) is 1. The second kappa shape index (κ2) is 10.6. The fourth-order valence-electron chi connectivity index (χ4n) is 3.90. The molecule has 0 spiro atoms. The van der Waals surface area contributed by atoms with Crippen LogP contribution < -0.4 is 5.32 Å². The smallest absolute Gasteiger partial charge is 0.222 e. The molecule has 3 aliphatic heterocycles. The van der Waals surface area contributed by atoms with Crippen molar-refractivity contribution in [2.45, 2.75) is 63.6 Å². The van der Waals surface area contributed by atoms with E-state index in [0.717, 1.165) is 65.1 Å². The lowest BCUT2D eigenvalue weighted by atomic mass is 10.0. The predicted octanol–water partition coefficient (Wildman–Crippen LogP) is 2.37. The minimum Gasteiger partial charge on any atom is -0.376 e. The zero-order valence-electron chi connectivity index (χ0n) is 14.7. The molecule has 5 nitrogen and oxygen atoms in total. The van der Waals surface area contributed by atoms with E-state index in [1.807, 2.05) is 4.90 Å². The molecule has 3 saturated heterocycles. The molecule has 2 atom stereocenters. The minimum absolute atomic E-state index is 0. The molecule has 0 aliphatic carbocycles. The normalized spacial score (nSPS) is 28.6. The van der Waals surface area contributed by atoms with Gasteiger partial charge < -0.3 is 19.7 Å². The van der Waals surface area contributed by atoms with E-state index in [0.29, 0.717) is 30.5 Å². The Morgan fingerprint density at radius 2 is 2.00 bits per heavy atom. The number of hydrogen-bond donors (Lipinski definition) is 1. The van der Waals surface area contributed by atoms with Crippen LogP contribution in [-0.4, -0.2) is 62.4 Å². The molecular weight excluding hydrogens is 328 g/mol. The Hall–Kier alpha value is -0.360. The monoisotopic (exact) mass is 360 g/mol. The number of nitrogens with one attached hydrogen (secondary N) is 1. The molecule has 0 aromatic heterocycles. The number of likely N-dealkylation sites (tertiary alicyclic amines) is 1. The quantitative estimate of drug-likeness (QED) is 0.790. The van der Waals surface area contributed by atoms with E-state index in [1.165, 1.54) is 19.3 Å². The molecule has 24 heavy (non-hydrogen) atoms. The SMILES string of the molecule is Cl.O=C(CCC1CCNC1)N1CCC(OCC2CCCCO2)CC1. The van der Waals surface area contributed by atoms with E-state index >= 15 is 0 Å². The van der Waals surface area contributed by atoms with Crippen LogP contribution in [0.5, 0.6) is 0 Å². The van der Waals surface area contributed by atoms with Crippen molar-refractivity contribution >= 4 is 18.3 Å². The zero-order chi connectivity index (χ0) is 15.9. The van der Waals surface area contributed by atoms with Crippen LogP contribution >= 0.6 is 12.4 Å². The molecular formula is C18H33ClN2O3. The van der Waals surface area contributed by atoms with Gasteiger partial charge in [-0.25, -0.2) is 0 Å². The molecule has 6 heteroatoms. The first kappa shape index (κ1) is 20.0. The third kappa shape index (κ3) is 6.17. The molecule has 3 fully saturated rings. The maximum atomic E-state index is 12.3. The zero-order valence-corrected chi connectivity index (χ0v) is 15.5. The molecule has 0 radical (unpaired) electrons. The highest BCUT2D eigenvalue weighted by Gasteiger charge is 2.25. The molecule has 1 amide bonds. The Balaban J connectivity index is 0.00000208. The number of rotatable bonds is 6. The highest BCUT2D eigenvalue weighted by molar-refractivity contribution is 5.85. The van der Waals surface area contributed by atoms with Crippen LogP contribution in [0.3, 0.4) is 0 Å². The lowest BCUT2D eigenvalue weighted by Crippen LogP contribution is -2.41. The second-order valence-electron chi connectivity index (χ2n) is 7.30. The third-order valence-corrected chi connectivity index (χ3v) is 5.52. The van der Waals surface area contributed by atoms with Gasteiger partial charge in [0.2, 0.25) is 5.91 Å². The van der Waals surface area contributed by atoms with E-state index in [-0.39, 0.29) is 12.4 Å². The first-order chi connectivity index (χ1) is 11.3. The standard InChI is InChI=1S/C18H32N2O3.ClH/c21-18(5-4-15-6-9-19-13-15)20-10-7-16(8-11-20)23-14-17-3-1-2-12-22-17;/h15-17,19H,1-14H2;1H. The van der Waals surface area contributed by atoms with E-state index in [9.17, 15) is 4.79 Å². The van der Waals surface area contributed by atoms with Crippen molar-refractivity contribution in [2.24, 2.45) is 5.92 Å². The average molecular weight is 361 g/mol. The number of ether oxygens (including phenoxy) is 2. The van der Waals surface area contributed by atoms with Crippen molar-refractivity contribution in [1.29, 1.82) is 0 Å². The molecule has 140 valence electrons. The van der Waals surface area contributed by atoms with Crippen molar-refractivity contribution in [3.8, 4) is 0 Å². The van der Waals surface area contributed by atoms with E-state index in [1.54, 1.807) is 0 Å². The first-order valence-electron chi connectivity index (χ1n) is 9.53. The van der Waals surface area contributed by atoms with Crippen LogP contribution in [0.4, 0.5) is 0 Å². The number of halogens is 1. The molecule has 0 aromatic carbocycles. The van der Waals surface area contributed by atoms with Crippen molar-refractivity contribution in [3.63, 3.8) is 0 Å². The maximum Gasteiger partial charge on any atom is 0.222 e. The van der Waals surface area contributed by atoms with Crippen LogP contribution in [0.1, 0.15) is 51.4 Å². The van der Waals surface area contributed by atoms with E-state index in [2.05, 4.69) is 5.32 Å². The van der Waals surface area contributed by atoms with Gasteiger partial charge in [0.1, 0.15) is 0 Å². The van der Waals surface area contributed by atoms with Gasteiger partial charge in [-0.3, -0.25) is 4.79 Å². The third-order valence-electron chi connectivity index (χ3n) is 5.52. The van der Waals surface area contributed by atoms with Crippen molar-refractivity contribution in [2.75, 3.05) is 39.4 Å². The van der Waals surface area contributed by atoms with Gasteiger partial charge in [0.15, 0.2) is 0 Å². The summed E-state index contributed by atoms with van der Waals surface area (Å²) in [6, 6.07) is 0. The Morgan fingerprint density at radius 3 is 2.67 bits per heavy atom. The summed E-state index contributed by atoms with van der Waals surface area (Å²) in [7, 11) is 0. The van der Waals surface area contributed by atoms with Gasteiger partial charge in [-0.2, -0.15) is 0 Å². The number of amides is 1. The summed E-state index contributed by atoms with van der Waals surface area (Å²) in [5, 5.41) is 3.37. The minimum atomic E-state index is 0. The van der Waals surface area contributed by atoms with Gasteiger partial charge >= 0.3 is 0 Å². The van der Waals surface area contributed by atoms with Gasteiger partial charge in [0.05, 0.1) is 18.8 Å². The highest BCUT2D eigenvalue weighted by atomic mass is 35.5. The molecule has 3 rings (SSSR count). The van der Waals surface area contributed by atoms with Crippen LogP contribution in [-0.2, 0) is 14.3 Å². The van der Waals surface area contributed by atoms with Gasteiger partial charge in [-0.15, -0.1) is 12.4 Å². The van der Waals surface area contributed by atoms with E-state index < -0.39 is 0 Å². The number of piperidine rings is 1. The summed E-state index contributed by atoms with van der Waals surface area (Å²) in [6.07, 6.45) is 9.12. The fraction of sp³-hybridized carbons (Fsp3) is 0.944. The molecule has 2 unspecified atom stereocenters. The van der Waals surface area contributed by atoms with Gasteiger partial charge in [-0.1, -0.05) is 0 Å². The first-order valence-corrected chi connectivity index (χ1v) is 9.53. The van der Waals surface area contributed by atoms with Gasteiger partial charge in [-0.05, 0) is 64.0 Å². The van der Waals surface area contributed by atoms with Crippen LogP contribution in [0.2, 0.25) is 0 Å². The largest absolute Gasteiger partial charge is 0.376 e. The van der Waals surface area contributed by atoms with Crippen LogP contribution in [0, 0.1) is 5.92 Å². The molecule has 3 aliphatic rings. The summed E-state index contributed by atoms with van der Waals surface area (Å²) >= 11 is 0. The van der Waals surface area contributed by atoms with Crippen molar-refractivity contribution in [1.82, 2.24) is 10.2 Å². The summed E-state index contributed by atoms with van der Waals surface area (Å²) in [5.74, 6) is 1.04. The summed E-state index contributed by atoms with van der Waals surface area (Å²) in [5.41, 5.74) is 0. The Bertz CT molecular complexity index is 363. The summed E-state index contributed by atoms with van der Waals surface area (Å²) in [6.45, 7) is 5.54. The van der Waals surface area contributed by atoms with Gasteiger partial charge in [0.25, 0.3) is 0 Å². The molecule has 3 heterocycles. The predicted molar refractivity (Wildman–Crippen MR) is 96.6 cm³/mol. The van der Waals surface area contributed by atoms with E-state index in [4.69, 9.17) is 9.47 Å². The van der Waals surface area contributed by atoms with Crippen molar-refractivity contribution < 1.29 is 14.3 Å². The average Bonchev–Trinajstić information content (AvgIpc) is 3.13. The van der Waals surface area contributed by atoms with Crippen LogP contribution in [0.25, 0.3) is 0 Å². The Kier molecular flexibility index (Phi) is 8.81. The van der Waals surface area contributed by atoms with Gasteiger partial charge in [0, 0.05) is 26.1 Å². The maximum absolute atomic E-state index is 12.3. The number of carbonyl (C=O) groups excluding carboxylic acids is 1. The molecule has 1 N–H and O–H groups in total. The molecule has 0 saturated carbocycles. The fourth-order valence-corrected chi connectivity index (χ4v) is 3.90. The number of carbonyl (C=O) groups is 1. The second-order valence-corrected chi connectivity index (χ2v) is 7.30. The number of hydrogen-bond acceptors (Lipinski definition) is 4. The molecule has 0 bridgehead atoms. The Labute approximate surface area is 152 Å². The highest BCUT2D eigenvalue weighted by Crippen LogP contribution is 2.20. The topological polar surface area (TPSA) is 50.8 Å². The summed E-state index contributed by atoms with van der Waals surface area (Å²) in [4.78, 5) is 14.4. The van der Waals surface area contributed by atoms with Crippen LogP contribution in [0.15, 0.2) is 0 Å². The summed E-state index contributed by atoms with van der Waals surface area (Å²) < 4.78 is 11.7. The lowest BCUT2D eigenvalue weighted by Gasteiger charge is -2.33.